The number of aromatic nitrogens is 1. The molecule has 3 aromatic rings. The summed E-state index contributed by atoms with van der Waals surface area (Å²) in [5.74, 6) is 1.13. The first-order chi connectivity index (χ1) is 14.1. The highest BCUT2D eigenvalue weighted by atomic mass is 16.3. The summed E-state index contributed by atoms with van der Waals surface area (Å²) in [6, 6.07) is 13.5. The van der Waals surface area contributed by atoms with Crippen LogP contribution in [0.1, 0.15) is 47.5 Å². The molecule has 0 bridgehead atoms. The first-order valence-electron chi connectivity index (χ1n) is 10.2. The Morgan fingerprint density at radius 2 is 1.86 bits per heavy atom. The van der Waals surface area contributed by atoms with Crippen molar-refractivity contribution in [1.82, 2.24) is 9.88 Å². The van der Waals surface area contributed by atoms with Gasteiger partial charge in [-0.2, -0.15) is 0 Å². The van der Waals surface area contributed by atoms with E-state index in [4.69, 9.17) is 4.42 Å². The molecule has 0 aliphatic carbocycles. The Morgan fingerprint density at radius 3 is 2.62 bits per heavy atom. The predicted molar refractivity (Wildman–Crippen MR) is 110 cm³/mol. The Hall–Kier alpha value is -3.15. The van der Waals surface area contributed by atoms with E-state index in [1.807, 2.05) is 47.4 Å². The van der Waals surface area contributed by atoms with Gasteiger partial charge in [0.1, 0.15) is 5.52 Å². The highest BCUT2D eigenvalue weighted by molar-refractivity contribution is 5.98. The molecule has 2 aliphatic heterocycles. The van der Waals surface area contributed by atoms with Crippen LogP contribution >= 0.6 is 0 Å². The fourth-order valence-electron chi connectivity index (χ4n) is 4.44. The van der Waals surface area contributed by atoms with Gasteiger partial charge < -0.3 is 14.2 Å². The number of carbonyl (C=O) groups is 2. The molecular formula is C23H23N3O3. The molecule has 0 unspecified atom stereocenters. The largest absolute Gasteiger partial charge is 0.440 e. The first kappa shape index (κ1) is 17.9. The van der Waals surface area contributed by atoms with E-state index in [2.05, 4.69) is 4.98 Å². The average Bonchev–Trinajstić information content (AvgIpc) is 3.37. The number of nitrogens with zero attached hydrogens (tertiary/aromatic N) is 3. The minimum atomic E-state index is 0.0455. The average molecular weight is 389 g/mol. The number of anilines is 1. The molecule has 2 aliphatic rings. The fourth-order valence-corrected chi connectivity index (χ4v) is 4.44. The van der Waals surface area contributed by atoms with Crippen LogP contribution in [0.3, 0.4) is 0 Å². The number of rotatable bonds is 2. The zero-order valence-electron chi connectivity index (χ0n) is 16.4. The van der Waals surface area contributed by atoms with Gasteiger partial charge in [0.15, 0.2) is 11.5 Å². The third kappa shape index (κ3) is 3.18. The Kier molecular flexibility index (Phi) is 4.34. The molecule has 0 N–H and O–H groups in total. The van der Waals surface area contributed by atoms with Crippen molar-refractivity contribution in [2.75, 3.05) is 24.5 Å². The van der Waals surface area contributed by atoms with Crippen molar-refractivity contribution in [2.24, 2.45) is 0 Å². The van der Waals surface area contributed by atoms with Crippen molar-refractivity contribution < 1.29 is 14.0 Å². The maximum Gasteiger partial charge on any atom is 0.253 e. The molecule has 0 saturated carbocycles. The number of para-hydroxylation sites is 2. The molecule has 1 saturated heterocycles. The minimum Gasteiger partial charge on any atom is -0.440 e. The van der Waals surface area contributed by atoms with Gasteiger partial charge in [0.25, 0.3) is 5.91 Å². The second-order valence-electron chi connectivity index (χ2n) is 7.85. The third-order valence-electron chi connectivity index (χ3n) is 6.04. The number of likely N-dealkylation sites (tertiary alicyclic amines) is 1. The standard InChI is InChI=1S/C23H23N3O3/c1-15(27)26-13-10-17-14-18(6-7-20(17)26)23(28)25-11-8-16(9-12-25)22-24-19-4-2-3-5-21(19)29-22/h2-7,14,16H,8-13H2,1H3. The summed E-state index contributed by atoms with van der Waals surface area (Å²) >= 11 is 0. The van der Waals surface area contributed by atoms with E-state index in [9.17, 15) is 9.59 Å². The lowest BCUT2D eigenvalue weighted by Crippen LogP contribution is -2.38. The number of amides is 2. The van der Waals surface area contributed by atoms with Crippen LogP contribution in [0.2, 0.25) is 0 Å². The van der Waals surface area contributed by atoms with Crippen LogP contribution in [0.15, 0.2) is 46.9 Å². The smallest absolute Gasteiger partial charge is 0.253 e. The van der Waals surface area contributed by atoms with Crippen molar-refractivity contribution in [3.8, 4) is 0 Å². The zero-order chi connectivity index (χ0) is 20.0. The number of hydrogen-bond acceptors (Lipinski definition) is 4. The molecule has 5 rings (SSSR count). The number of benzene rings is 2. The predicted octanol–water partition coefficient (Wildman–Crippen LogP) is 3.76. The van der Waals surface area contributed by atoms with Gasteiger partial charge in [0.2, 0.25) is 5.91 Å². The third-order valence-corrected chi connectivity index (χ3v) is 6.04. The second kappa shape index (κ2) is 7.03. The van der Waals surface area contributed by atoms with Crippen LogP contribution in [-0.4, -0.2) is 41.3 Å². The minimum absolute atomic E-state index is 0.0455. The summed E-state index contributed by atoms with van der Waals surface area (Å²) in [4.78, 5) is 33.0. The molecule has 0 radical (unpaired) electrons. The summed E-state index contributed by atoms with van der Waals surface area (Å²) < 4.78 is 5.92. The molecule has 6 nitrogen and oxygen atoms in total. The Labute approximate surface area is 169 Å². The molecule has 1 aromatic heterocycles. The van der Waals surface area contributed by atoms with Gasteiger partial charge in [0.05, 0.1) is 0 Å². The van der Waals surface area contributed by atoms with Crippen LogP contribution in [0.5, 0.6) is 0 Å². The molecule has 3 heterocycles. The monoisotopic (exact) mass is 389 g/mol. The van der Waals surface area contributed by atoms with Gasteiger partial charge in [-0.05, 0) is 55.2 Å². The molecule has 29 heavy (non-hydrogen) atoms. The summed E-state index contributed by atoms with van der Waals surface area (Å²) in [5, 5.41) is 0. The fraction of sp³-hybridized carbons (Fsp3) is 0.348. The maximum absolute atomic E-state index is 13.0. The van der Waals surface area contributed by atoms with Crippen molar-refractivity contribution in [3.63, 3.8) is 0 Å². The van der Waals surface area contributed by atoms with Crippen molar-refractivity contribution >= 4 is 28.6 Å². The summed E-state index contributed by atoms with van der Waals surface area (Å²) in [6.45, 7) is 3.66. The number of carbonyl (C=O) groups excluding carboxylic acids is 2. The van der Waals surface area contributed by atoms with E-state index >= 15 is 0 Å². The quantitative estimate of drug-likeness (QED) is 0.669. The van der Waals surface area contributed by atoms with Crippen LogP contribution in [0, 0.1) is 0 Å². The SMILES string of the molecule is CC(=O)N1CCc2cc(C(=O)N3CCC(c4nc5ccccc5o4)CC3)ccc21. The van der Waals surface area contributed by atoms with Crippen LogP contribution < -0.4 is 4.90 Å². The van der Waals surface area contributed by atoms with Crippen molar-refractivity contribution in [3.05, 3.63) is 59.5 Å². The summed E-state index contributed by atoms with van der Waals surface area (Å²) in [5.41, 5.74) is 4.42. The van der Waals surface area contributed by atoms with E-state index in [-0.39, 0.29) is 17.7 Å². The van der Waals surface area contributed by atoms with Gasteiger partial charge in [-0.25, -0.2) is 4.98 Å². The number of fused-ring (bicyclic) bond motifs is 2. The Balaban J connectivity index is 1.27. The molecule has 6 heteroatoms. The lowest BCUT2D eigenvalue weighted by Gasteiger charge is -2.30. The lowest BCUT2D eigenvalue weighted by molar-refractivity contribution is -0.116. The molecule has 0 spiro atoms. The summed E-state index contributed by atoms with van der Waals surface area (Å²) in [6.07, 6.45) is 2.50. The Morgan fingerprint density at radius 1 is 1.07 bits per heavy atom. The van der Waals surface area contributed by atoms with Crippen molar-refractivity contribution in [2.45, 2.75) is 32.1 Å². The van der Waals surface area contributed by atoms with Crippen LogP contribution in [-0.2, 0) is 11.2 Å². The first-order valence-corrected chi connectivity index (χ1v) is 10.2. The molecule has 2 aromatic carbocycles. The van der Waals surface area contributed by atoms with E-state index in [0.717, 1.165) is 47.5 Å². The topological polar surface area (TPSA) is 66.7 Å². The molecular weight excluding hydrogens is 366 g/mol. The van der Waals surface area contributed by atoms with Gasteiger partial charge in [-0.15, -0.1) is 0 Å². The van der Waals surface area contributed by atoms with E-state index < -0.39 is 0 Å². The van der Waals surface area contributed by atoms with Gasteiger partial charge in [-0.1, -0.05) is 12.1 Å². The molecule has 148 valence electrons. The summed E-state index contributed by atoms with van der Waals surface area (Å²) in [7, 11) is 0. The molecule has 1 fully saturated rings. The molecule has 2 amide bonds. The highest BCUT2D eigenvalue weighted by Gasteiger charge is 2.29. The molecule has 0 atom stereocenters. The maximum atomic E-state index is 13.0. The Bertz CT molecular complexity index is 1060. The number of piperidine rings is 1. The van der Waals surface area contributed by atoms with E-state index in [1.165, 1.54) is 0 Å². The van der Waals surface area contributed by atoms with Crippen molar-refractivity contribution in [1.29, 1.82) is 0 Å². The normalized spacial score (nSPS) is 17.0. The van der Waals surface area contributed by atoms with E-state index in [1.54, 1.807) is 11.8 Å². The lowest BCUT2D eigenvalue weighted by atomic mass is 9.96. The van der Waals surface area contributed by atoms with Gasteiger partial charge in [0, 0.05) is 43.7 Å². The van der Waals surface area contributed by atoms with Crippen LogP contribution in [0.4, 0.5) is 5.69 Å². The highest BCUT2D eigenvalue weighted by Crippen LogP contribution is 2.32. The van der Waals surface area contributed by atoms with Gasteiger partial charge >= 0.3 is 0 Å². The number of hydrogen-bond donors (Lipinski definition) is 0. The second-order valence-corrected chi connectivity index (χ2v) is 7.85. The zero-order valence-corrected chi connectivity index (χ0v) is 16.4. The van der Waals surface area contributed by atoms with Gasteiger partial charge in [-0.3, -0.25) is 9.59 Å². The number of oxazole rings is 1. The van der Waals surface area contributed by atoms with Crippen LogP contribution in [0.25, 0.3) is 11.1 Å². The van der Waals surface area contributed by atoms with E-state index in [0.29, 0.717) is 25.2 Å².